The van der Waals surface area contributed by atoms with Crippen LogP contribution in [0.15, 0.2) is 267 Å². The molecule has 8 aromatic heterocycles. The Hall–Kier alpha value is -18.3. The SMILES string of the molecule is [C-]#[N+]/C(=C\c1c(-c2ccc(C)cc2)c2c(N)ncnc2n1CCCO)C(=O)N1CCOCC1.[C-]#[N+]/C(=C\c1c(-c2ccc(C)cc2)c2c(N)ncnc2n1CCCO)C(=O)NC(C)(C)C.[C-]#[N+]/C(=C\c1cccc(-n2cc(-c3ccc(Oc4ccccc4)cc3)c3c(N)ncnc32)c1)C(=O)N(C)C.[C-]#[N+]/C(=C\c1cccc(-n2cc(-c3ccc(Oc4ccccc4)cc3)c3c(N)ncnc32)c1)C(=O)NCCC. The van der Waals surface area contributed by atoms with Crippen molar-refractivity contribution in [2.75, 3.05) is 83.1 Å². The number of para-hydroxylation sites is 2. The highest BCUT2D eigenvalue weighted by atomic mass is 16.5. The van der Waals surface area contributed by atoms with E-state index < -0.39 is 11.4 Å². The maximum Gasteiger partial charge on any atom is 0.253 e. The van der Waals surface area contributed by atoms with Crippen molar-refractivity contribution in [3.63, 3.8) is 0 Å². The molecule has 4 amide bonds. The van der Waals surface area contributed by atoms with E-state index in [-0.39, 0.29) is 53.7 Å². The van der Waals surface area contributed by atoms with E-state index in [0.29, 0.717) is 127 Å². The standard InChI is InChI=1S/C31H26N6O2.C30H24N6O2.C24H26N6O3.C24H28N6O2/c1-3-16-34-31(38)27(33-2)18-21-8-7-9-23(17-21)37-19-26(28-29(32)35-20-36-30(28)37)22-12-14-25(15-13-22)39-24-10-5-4-6-11-24;1-32-26(30(37)35(2)3)17-20-8-7-9-22(16-20)36-18-25(27-28(31)33-19-34-29(27)36)21-12-14-24(15-13-21)38-23-10-5-4-6-11-23;1-16-4-6-17(7-5-16)20-19(14-18(26-2)24(32)29-9-12-33-13-10-29)30(8-3-11-31)23-21(20)22(25)27-15-28-23;1-15-7-9-16(10-8-15)19-18(13-17(26-5)23(32)29-24(2,3)4)30(11-6-12-31)22-20(19)21(25)27-14-28-22/h4-15,17-20H,3,16H2,1H3,(H,34,38)(H2,32,35,36);4-19H,2-3H3,(H2,31,33,34);4-7,14-15,31H,3,8-13H2,1H3,(H2,25,27,28);7-10,13-14,31H,6,11-12H2,1-4H3,(H,29,32)(H2,25,27,28)/b27-18-;26-17-;18-14-;17-13-. The predicted molar refractivity (Wildman–Crippen MR) is 554 cm³/mol. The molecule has 1 aliphatic heterocycles. The zero-order valence-electron chi connectivity index (χ0n) is 79.5. The Morgan fingerprint density at radius 3 is 1.24 bits per heavy atom. The summed E-state index contributed by atoms with van der Waals surface area (Å²) in [5, 5.41) is 27.3. The monoisotopic (exact) mass is 1890 g/mol. The maximum absolute atomic E-state index is 13.1. The third-order valence-electron chi connectivity index (χ3n) is 22.7. The molecule has 9 heterocycles. The molecule has 8 aromatic carbocycles. The lowest BCUT2D eigenvalue weighted by atomic mass is 10.0. The van der Waals surface area contributed by atoms with Gasteiger partial charge in [0.25, 0.3) is 40.5 Å². The Labute approximate surface area is 820 Å². The van der Waals surface area contributed by atoms with Crippen LogP contribution < -0.4 is 43.0 Å². The van der Waals surface area contributed by atoms with Crippen LogP contribution in [0.4, 0.5) is 23.3 Å². The van der Waals surface area contributed by atoms with E-state index in [1.807, 2.05) is 278 Å². The molecule has 0 spiro atoms. The quantitative estimate of drug-likeness (QED) is 0.0184. The first-order valence-electron chi connectivity index (χ1n) is 45.5. The van der Waals surface area contributed by atoms with Gasteiger partial charge in [0.1, 0.15) is 82.9 Å². The van der Waals surface area contributed by atoms with Crippen molar-refractivity contribution in [2.24, 2.45) is 0 Å². The molecule has 0 saturated carbocycles. The van der Waals surface area contributed by atoms with Crippen molar-refractivity contribution in [1.82, 2.24) is 78.6 Å². The third-order valence-corrected chi connectivity index (χ3v) is 22.7. The first kappa shape index (κ1) is 99.7. The molecular formula is C109H104N24O9. The highest BCUT2D eigenvalue weighted by Gasteiger charge is 2.30. The van der Waals surface area contributed by atoms with E-state index in [4.69, 9.17) is 63.4 Å². The van der Waals surface area contributed by atoms with Gasteiger partial charge in [0.2, 0.25) is 5.91 Å². The van der Waals surface area contributed by atoms with Crippen molar-refractivity contribution in [1.29, 1.82) is 0 Å². The Bertz CT molecular complexity index is 7630. The van der Waals surface area contributed by atoms with Gasteiger partial charge in [-0.3, -0.25) is 19.2 Å². The van der Waals surface area contributed by atoms with E-state index in [2.05, 4.69) is 69.9 Å². The van der Waals surface area contributed by atoms with Crippen molar-refractivity contribution in [3.8, 4) is 78.9 Å². The molecule has 16 aromatic rings. The average molecular weight is 1890 g/mol. The number of aliphatic hydroxyl groups excluding tert-OH is 2. The number of nitrogens with two attached hydrogens (primary N) is 4. The fraction of sp³-hybridized carbons (Fsp3) is 0.193. The summed E-state index contributed by atoms with van der Waals surface area (Å²) in [7, 11) is 3.24. The molecule has 0 bridgehead atoms. The number of nitrogen functional groups attached to an aromatic ring is 4. The van der Waals surface area contributed by atoms with E-state index >= 15 is 0 Å². The van der Waals surface area contributed by atoms with E-state index in [9.17, 15) is 29.4 Å². The Morgan fingerprint density at radius 1 is 0.465 bits per heavy atom. The normalized spacial score (nSPS) is 12.2. The average Bonchev–Trinajstić information content (AvgIpc) is 1.61. The van der Waals surface area contributed by atoms with Crippen LogP contribution in [0.5, 0.6) is 23.0 Å². The molecule has 1 fully saturated rings. The zero-order chi connectivity index (χ0) is 101. The summed E-state index contributed by atoms with van der Waals surface area (Å²) < 4.78 is 24.9. The summed E-state index contributed by atoms with van der Waals surface area (Å²) in [6.07, 6.45) is 17.7. The van der Waals surface area contributed by atoms with Crippen molar-refractivity contribution >= 4 is 115 Å². The van der Waals surface area contributed by atoms with E-state index in [1.165, 1.54) is 30.2 Å². The molecule has 12 N–H and O–H groups in total. The zero-order valence-corrected chi connectivity index (χ0v) is 79.5. The second kappa shape index (κ2) is 46.0. The largest absolute Gasteiger partial charge is 0.457 e. The molecule has 714 valence electrons. The van der Waals surface area contributed by atoms with Crippen LogP contribution in [-0.2, 0) is 37.0 Å². The van der Waals surface area contributed by atoms with Crippen molar-refractivity contribution in [2.45, 2.75) is 79.4 Å². The fourth-order valence-electron chi connectivity index (χ4n) is 15.9. The first-order chi connectivity index (χ1) is 68.7. The lowest BCUT2D eigenvalue weighted by Gasteiger charge is -2.26. The molecular weight excluding hydrogens is 1790 g/mol. The summed E-state index contributed by atoms with van der Waals surface area (Å²) in [6.45, 7) is 45.0. The number of morpholine rings is 1. The number of hydrogen-bond donors (Lipinski definition) is 8. The Morgan fingerprint density at radius 2 is 0.845 bits per heavy atom. The van der Waals surface area contributed by atoms with Gasteiger partial charge in [0.15, 0.2) is 11.3 Å². The Kier molecular flexibility index (Phi) is 32.3. The van der Waals surface area contributed by atoms with Gasteiger partial charge in [0, 0.05) is 123 Å². The number of aliphatic hydroxyl groups is 2. The highest BCUT2D eigenvalue weighted by molar-refractivity contribution is 6.10. The minimum atomic E-state index is -0.486. The van der Waals surface area contributed by atoms with Gasteiger partial charge in [-0.05, 0) is 184 Å². The topological polar surface area (TPSA) is 411 Å². The number of aryl methyl sites for hydroxylation is 4. The van der Waals surface area contributed by atoms with E-state index in [1.54, 1.807) is 43.3 Å². The number of ether oxygens (including phenoxy) is 3. The molecule has 0 atom stereocenters. The van der Waals surface area contributed by atoms with Crippen LogP contribution in [-0.4, -0.2) is 167 Å². The Balaban J connectivity index is 0.000000151. The summed E-state index contributed by atoms with van der Waals surface area (Å²) in [4.78, 5) is 102. The summed E-state index contributed by atoms with van der Waals surface area (Å²) in [6, 6.07) is 65.7. The number of anilines is 4. The number of rotatable bonds is 26. The molecule has 33 heteroatoms. The van der Waals surface area contributed by atoms with Gasteiger partial charge < -0.3 is 86.1 Å². The van der Waals surface area contributed by atoms with Crippen LogP contribution >= 0.6 is 0 Å². The van der Waals surface area contributed by atoms with Crippen molar-refractivity contribution in [3.05, 3.63) is 346 Å². The van der Waals surface area contributed by atoms with Gasteiger partial charge in [-0.15, -0.1) is 0 Å². The smallest absolute Gasteiger partial charge is 0.253 e. The van der Waals surface area contributed by atoms with Crippen LogP contribution in [0, 0.1) is 40.1 Å². The molecule has 33 nitrogen and oxygen atoms in total. The molecule has 0 unspecified atom stereocenters. The predicted octanol–water partition coefficient (Wildman–Crippen LogP) is 18.1. The number of hydrogen-bond acceptors (Lipinski definition) is 21. The molecule has 17 rings (SSSR count). The van der Waals surface area contributed by atoms with Crippen molar-refractivity contribution < 1.29 is 43.6 Å². The number of nitrogens with zero attached hydrogens (tertiary/aromatic N) is 18. The molecule has 0 aliphatic carbocycles. The molecule has 1 saturated heterocycles. The number of carbonyl (C=O) groups excluding carboxylic acids is 4. The number of aromatic nitrogens is 12. The summed E-state index contributed by atoms with van der Waals surface area (Å²) in [5.41, 5.74) is 40.6. The summed E-state index contributed by atoms with van der Waals surface area (Å²) >= 11 is 0. The minimum Gasteiger partial charge on any atom is -0.457 e. The lowest BCUT2D eigenvalue weighted by molar-refractivity contribution is -0.130. The number of likely N-dealkylation sites (N-methyl/N-ethyl adjacent to an activating group) is 1. The van der Waals surface area contributed by atoms with Crippen LogP contribution in [0.2, 0.25) is 0 Å². The van der Waals surface area contributed by atoms with Gasteiger partial charge in [-0.1, -0.05) is 152 Å². The second-order valence-corrected chi connectivity index (χ2v) is 34.1. The highest BCUT2D eigenvalue weighted by Crippen LogP contribution is 2.43. The van der Waals surface area contributed by atoms with Gasteiger partial charge in [0.05, 0.1) is 61.0 Å². The minimum absolute atomic E-state index is 0.00449. The molecule has 0 radical (unpaired) electrons. The molecule has 142 heavy (non-hydrogen) atoms. The number of nitrogens with one attached hydrogen (secondary N) is 2. The lowest BCUT2D eigenvalue weighted by Crippen LogP contribution is -2.41. The van der Waals surface area contributed by atoms with Crippen LogP contribution in [0.25, 0.3) is 144 Å². The fourth-order valence-corrected chi connectivity index (χ4v) is 15.9. The van der Waals surface area contributed by atoms with E-state index in [0.717, 1.165) is 118 Å². The number of fused-ring (bicyclic) bond motifs is 4. The number of amides is 4. The number of benzene rings is 8. The maximum atomic E-state index is 13.1. The van der Waals surface area contributed by atoms with Gasteiger partial charge in [-0.2, -0.15) is 0 Å². The third kappa shape index (κ3) is 23.5. The van der Waals surface area contributed by atoms with Gasteiger partial charge in [-0.25, -0.2) is 59.3 Å². The second-order valence-electron chi connectivity index (χ2n) is 34.1. The number of carbonyl (C=O) groups is 4. The van der Waals surface area contributed by atoms with Gasteiger partial charge >= 0.3 is 0 Å². The van der Waals surface area contributed by atoms with Crippen LogP contribution in [0.3, 0.4) is 0 Å². The molecule has 1 aliphatic rings. The van der Waals surface area contributed by atoms with Crippen LogP contribution in [0.1, 0.15) is 80.6 Å². The summed E-state index contributed by atoms with van der Waals surface area (Å²) in [5.74, 6) is 2.81. The first-order valence-corrected chi connectivity index (χ1v) is 45.5.